The summed E-state index contributed by atoms with van der Waals surface area (Å²) in [5.74, 6) is 0.919. The van der Waals surface area contributed by atoms with E-state index in [2.05, 4.69) is 70.1 Å². The Morgan fingerprint density at radius 3 is 2.68 bits per heavy atom. The molecule has 0 radical (unpaired) electrons. The highest BCUT2D eigenvalue weighted by atomic mass is 127. The molecule has 2 rings (SSSR count). The van der Waals surface area contributed by atoms with E-state index in [1.807, 2.05) is 25.0 Å². The lowest BCUT2D eigenvalue weighted by molar-refractivity contribution is 0.295. The van der Waals surface area contributed by atoms with Gasteiger partial charge in [-0.25, -0.2) is 0 Å². The zero-order chi connectivity index (χ0) is 17.5. The van der Waals surface area contributed by atoms with E-state index in [1.165, 1.54) is 10.4 Å². The molecule has 0 fully saturated rings. The van der Waals surface area contributed by atoms with E-state index in [-0.39, 0.29) is 30.0 Å². The van der Waals surface area contributed by atoms with Gasteiger partial charge in [-0.2, -0.15) is 5.10 Å². The quantitative estimate of drug-likeness (QED) is 0.379. The molecule has 0 saturated carbocycles. The summed E-state index contributed by atoms with van der Waals surface area (Å²) in [6.07, 6.45) is 5.03. The van der Waals surface area contributed by atoms with Crippen molar-refractivity contribution in [3.63, 3.8) is 0 Å². The second kappa shape index (κ2) is 10.8. The average molecular weight is 476 g/mol. The number of halogens is 1. The maximum atomic E-state index is 4.41. The predicted octanol–water partition coefficient (Wildman–Crippen LogP) is 2.45. The van der Waals surface area contributed by atoms with Crippen molar-refractivity contribution >= 4 is 41.3 Å². The maximum absolute atomic E-state index is 4.41. The summed E-state index contributed by atoms with van der Waals surface area (Å²) in [6, 6.07) is 4.53. The number of likely N-dealkylation sites (N-methyl/N-ethyl adjacent to an activating group) is 2. The van der Waals surface area contributed by atoms with Crippen LogP contribution in [-0.4, -0.2) is 66.8 Å². The number of aliphatic imine (C=N–C) groups is 1. The summed E-state index contributed by atoms with van der Waals surface area (Å²) in [5.41, 5.74) is 1.20. The first kappa shape index (κ1) is 21.9. The highest BCUT2D eigenvalue weighted by Gasteiger charge is 2.17. The molecule has 0 aromatic carbocycles. The van der Waals surface area contributed by atoms with E-state index in [0.29, 0.717) is 0 Å². The van der Waals surface area contributed by atoms with Gasteiger partial charge in [-0.3, -0.25) is 9.67 Å². The number of rotatable bonds is 7. The fourth-order valence-electron chi connectivity index (χ4n) is 2.62. The largest absolute Gasteiger partial charge is 0.354 e. The van der Waals surface area contributed by atoms with E-state index in [0.717, 1.165) is 25.5 Å². The molecule has 25 heavy (non-hydrogen) atoms. The lowest BCUT2D eigenvalue weighted by atomic mass is 10.1. The third-order valence-electron chi connectivity index (χ3n) is 4.03. The van der Waals surface area contributed by atoms with Gasteiger partial charge in [0.25, 0.3) is 0 Å². The van der Waals surface area contributed by atoms with Gasteiger partial charge in [-0.15, -0.1) is 35.3 Å². The molecule has 1 N–H and O–H groups in total. The van der Waals surface area contributed by atoms with Crippen molar-refractivity contribution in [1.29, 1.82) is 0 Å². The van der Waals surface area contributed by atoms with Crippen LogP contribution in [0.4, 0.5) is 0 Å². The first-order chi connectivity index (χ1) is 11.5. The minimum Gasteiger partial charge on any atom is -0.354 e. The Morgan fingerprint density at radius 2 is 2.16 bits per heavy atom. The smallest absolute Gasteiger partial charge is 0.193 e. The Labute approximate surface area is 171 Å². The lowest BCUT2D eigenvalue weighted by Crippen LogP contribution is -2.43. The van der Waals surface area contributed by atoms with Gasteiger partial charge in [0.15, 0.2) is 5.96 Å². The van der Waals surface area contributed by atoms with Crippen molar-refractivity contribution in [1.82, 2.24) is 24.9 Å². The van der Waals surface area contributed by atoms with Gasteiger partial charge in [0.2, 0.25) is 0 Å². The second-order valence-electron chi connectivity index (χ2n) is 6.11. The third-order valence-corrected chi connectivity index (χ3v) is 4.97. The highest BCUT2D eigenvalue weighted by molar-refractivity contribution is 14.0. The van der Waals surface area contributed by atoms with Gasteiger partial charge in [-0.05, 0) is 32.0 Å². The number of hydrogen-bond acceptors (Lipinski definition) is 4. The zero-order valence-electron chi connectivity index (χ0n) is 15.6. The second-order valence-corrected chi connectivity index (χ2v) is 7.14. The van der Waals surface area contributed by atoms with Gasteiger partial charge >= 0.3 is 0 Å². The van der Waals surface area contributed by atoms with Crippen LogP contribution in [-0.2, 0) is 13.5 Å². The molecule has 140 valence electrons. The number of guanidine groups is 1. The third kappa shape index (κ3) is 6.59. The Balaban J connectivity index is 0.00000312. The molecule has 0 amide bonds. The minimum absolute atomic E-state index is 0. The van der Waals surface area contributed by atoms with E-state index >= 15 is 0 Å². The summed E-state index contributed by atoms with van der Waals surface area (Å²) in [5, 5.41) is 9.90. The number of nitrogens with one attached hydrogen (secondary N) is 1. The molecule has 1 atom stereocenters. The number of thiophene rings is 1. The first-order valence-electron chi connectivity index (χ1n) is 8.10. The Kier molecular flexibility index (Phi) is 9.44. The standard InChI is InChI=1S/C17H28N6S.HI/c1-18-17(22(4)9-8-15-7-6-10-24-15)19-12-16(21(2)3)14-11-20-23(5)13-14;/h6-7,10-11,13,16H,8-9,12H2,1-5H3,(H,18,19);1H. The Morgan fingerprint density at radius 1 is 1.40 bits per heavy atom. The van der Waals surface area contributed by atoms with Crippen LogP contribution in [0.3, 0.4) is 0 Å². The molecule has 1 unspecified atom stereocenters. The molecule has 6 nitrogen and oxygen atoms in total. The molecule has 2 heterocycles. The normalized spacial score (nSPS) is 12.8. The highest BCUT2D eigenvalue weighted by Crippen LogP contribution is 2.16. The summed E-state index contributed by atoms with van der Waals surface area (Å²) >= 11 is 1.80. The minimum atomic E-state index is 0. The van der Waals surface area contributed by atoms with Crippen LogP contribution in [0.5, 0.6) is 0 Å². The molecule has 0 aliphatic carbocycles. The van der Waals surface area contributed by atoms with Crippen molar-refractivity contribution in [3.05, 3.63) is 40.3 Å². The van der Waals surface area contributed by atoms with Crippen molar-refractivity contribution in [2.75, 3.05) is 41.3 Å². The van der Waals surface area contributed by atoms with Crippen molar-refractivity contribution in [3.8, 4) is 0 Å². The van der Waals surface area contributed by atoms with Crippen molar-refractivity contribution in [2.45, 2.75) is 12.5 Å². The van der Waals surface area contributed by atoms with E-state index in [4.69, 9.17) is 0 Å². The van der Waals surface area contributed by atoms with E-state index in [1.54, 1.807) is 11.3 Å². The lowest BCUT2D eigenvalue weighted by Gasteiger charge is -2.27. The summed E-state index contributed by atoms with van der Waals surface area (Å²) < 4.78 is 1.84. The summed E-state index contributed by atoms with van der Waals surface area (Å²) in [6.45, 7) is 1.73. The molecule has 0 bridgehead atoms. The molecule has 2 aromatic heterocycles. The average Bonchev–Trinajstić information content (AvgIpc) is 3.20. The fraction of sp³-hybridized carbons (Fsp3) is 0.529. The fourth-order valence-corrected chi connectivity index (χ4v) is 3.32. The van der Waals surface area contributed by atoms with Gasteiger partial charge < -0.3 is 15.1 Å². The monoisotopic (exact) mass is 476 g/mol. The van der Waals surface area contributed by atoms with Crippen LogP contribution in [0.1, 0.15) is 16.5 Å². The van der Waals surface area contributed by atoms with Gasteiger partial charge in [0.1, 0.15) is 0 Å². The van der Waals surface area contributed by atoms with Gasteiger partial charge in [0, 0.05) is 50.9 Å². The molecule has 0 aliphatic rings. The van der Waals surface area contributed by atoms with Gasteiger partial charge in [-0.1, -0.05) is 6.07 Å². The van der Waals surface area contributed by atoms with E-state index < -0.39 is 0 Å². The number of hydrogen-bond donors (Lipinski definition) is 1. The summed E-state index contributed by atoms with van der Waals surface area (Å²) in [4.78, 5) is 10.2. The van der Waals surface area contributed by atoms with Crippen molar-refractivity contribution in [2.24, 2.45) is 12.0 Å². The topological polar surface area (TPSA) is 48.7 Å². The first-order valence-corrected chi connectivity index (χ1v) is 8.98. The molecule has 8 heteroatoms. The number of aromatic nitrogens is 2. The number of aryl methyl sites for hydroxylation is 1. The van der Waals surface area contributed by atoms with Crippen LogP contribution in [0, 0.1) is 0 Å². The van der Waals surface area contributed by atoms with Crippen LogP contribution in [0.15, 0.2) is 34.9 Å². The maximum Gasteiger partial charge on any atom is 0.193 e. The molecular weight excluding hydrogens is 447 g/mol. The summed E-state index contributed by atoms with van der Waals surface area (Å²) in [7, 11) is 10.0. The van der Waals surface area contributed by atoms with Crippen LogP contribution >= 0.6 is 35.3 Å². The molecule has 0 aliphatic heterocycles. The van der Waals surface area contributed by atoms with Gasteiger partial charge in [0.05, 0.1) is 12.2 Å². The van der Waals surface area contributed by atoms with Crippen LogP contribution < -0.4 is 5.32 Å². The zero-order valence-corrected chi connectivity index (χ0v) is 18.8. The SMILES string of the molecule is CN=C(NCC(c1cnn(C)c1)N(C)C)N(C)CCc1cccs1.I. The molecule has 0 saturated heterocycles. The predicted molar refractivity (Wildman–Crippen MR) is 117 cm³/mol. The molecule has 0 spiro atoms. The van der Waals surface area contributed by atoms with E-state index in [9.17, 15) is 0 Å². The van der Waals surface area contributed by atoms with Crippen LogP contribution in [0.2, 0.25) is 0 Å². The number of nitrogens with zero attached hydrogens (tertiary/aromatic N) is 5. The Hall–Kier alpha value is -1.13. The van der Waals surface area contributed by atoms with Crippen LogP contribution in [0.25, 0.3) is 0 Å². The van der Waals surface area contributed by atoms with Crippen molar-refractivity contribution < 1.29 is 0 Å². The Bertz CT molecular complexity index is 637. The molecular formula is C17H29IN6S. The molecule has 2 aromatic rings.